The maximum absolute atomic E-state index is 5.42. The first-order valence-corrected chi connectivity index (χ1v) is 8.17. The highest BCUT2D eigenvalue weighted by Crippen LogP contribution is 2.25. The number of nitrogens with zero attached hydrogens (tertiary/aromatic N) is 1. The van der Waals surface area contributed by atoms with Gasteiger partial charge in [-0.2, -0.15) is 0 Å². The predicted octanol–water partition coefficient (Wildman–Crippen LogP) is 3.15. The van der Waals surface area contributed by atoms with Gasteiger partial charge in [0.1, 0.15) is 11.5 Å². The Hall–Kier alpha value is -2.40. The lowest BCUT2D eigenvalue weighted by Gasteiger charge is -2.29. The molecule has 0 aromatic heterocycles. The summed E-state index contributed by atoms with van der Waals surface area (Å²) in [6.45, 7) is 4.18. The minimum Gasteiger partial charge on any atom is -0.497 e. The van der Waals surface area contributed by atoms with E-state index in [9.17, 15) is 0 Å². The van der Waals surface area contributed by atoms with Crippen LogP contribution in [0.4, 0.5) is 11.4 Å². The van der Waals surface area contributed by atoms with Gasteiger partial charge >= 0.3 is 0 Å². The average molecular weight is 328 g/mol. The van der Waals surface area contributed by atoms with Gasteiger partial charge in [-0.3, -0.25) is 0 Å². The number of hydrogen-bond acceptors (Lipinski definition) is 5. The SMILES string of the molecule is COc1ccc(OC)c(CNc2ccc(N3CCOCC3)cc2)c1. The molecule has 1 saturated heterocycles. The molecule has 128 valence electrons. The van der Waals surface area contributed by atoms with E-state index in [-0.39, 0.29) is 0 Å². The van der Waals surface area contributed by atoms with E-state index in [1.165, 1.54) is 5.69 Å². The maximum atomic E-state index is 5.42. The fourth-order valence-corrected chi connectivity index (χ4v) is 2.83. The largest absolute Gasteiger partial charge is 0.497 e. The number of ether oxygens (including phenoxy) is 3. The van der Waals surface area contributed by atoms with Gasteiger partial charge < -0.3 is 24.4 Å². The second-order valence-electron chi connectivity index (χ2n) is 5.68. The van der Waals surface area contributed by atoms with E-state index in [1.807, 2.05) is 18.2 Å². The van der Waals surface area contributed by atoms with Crippen molar-refractivity contribution in [1.82, 2.24) is 0 Å². The van der Waals surface area contributed by atoms with Crippen LogP contribution in [0.3, 0.4) is 0 Å². The lowest BCUT2D eigenvalue weighted by atomic mass is 10.1. The quantitative estimate of drug-likeness (QED) is 0.882. The van der Waals surface area contributed by atoms with Crippen LogP contribution in [0, 0.1) is 0 Å². The molecule has 24 heavy (non-hydrogen) atoms. The van der Waals surface area contributed by atoms with Crippen molar-refractivity contribution in [3.8, 4) is 11.5 Å². The van der Waals surface area contributed by atoms with Gasteiger partial charge in [-0.05, 0) is 42.5 Å². The Morgan fingerprint density at radius 1 is 1.00 bits per heavy atom. The molecule has 0 spiro atoms. The first kappa shape index (κ1) is 16.5. The van der Waals surface area contributed by atoms with Crippen molar-refractivity contribution < 1.29 is 14.2 Å². The third-order valence-corrected chi connectivity index (χ3v) is 4.21. The highest BCUT2D eigenvalue weighted by atomic mass is 16.5. The van der Waals surface area contributed by atoms with Gasteiger partial charge in [-0.1, -0.05) is 0 Å². The molecule has 5 nitrogen and oxygen atoms in total. The molecule has 0 atom stereocenters. The van der Waals surface area contributed by atoms with Crippen LogP contribution < -0.4 is 19.7 Å². The van der Waals surface area contributed by atoms with Gasteiger partial charge in [0.25, 0.3) is 0 Å². The molecule has 5 heteroatoms. The summed E-state index contributed by atoms with van der Waals surface area (Å²) >= 11 is 0. The molecule has 0 aliphatic carbocycles. The number of methoxy groups -OCH3 is 2. The van der Waals surface area contributed by atoms with E-state index in [4.69, 9.17) is 14.2 Å². The summed E-state index contributed by atoms with van der Waals surface area (Å²) in [4.78, 5) is 2.35. The highest BCUT2D eigenvalue weighted by molar-refractivity contribution is 5.56. The lowest BCUT2D eigenvalue weighted by Crippen LogP contribution is -2.36. The molecule has 1 aliphatic rings. The Kier molecular flexibility index (Phi) is 5.43. The van der Waals surface area contributed by atoms with Crippen LogP contribution >= 0.6 is 0 Å². The predicted molar refractivity (Wildman–Crippen MR) is 96.3 cm³/mol. The Labute approximate surface area is 143 Å². The van der Waals surface area contributed by atoms with Gasteiger partial charge in [-0.15, -0.1) is 0 Å². The number of rotatable bonds is 6. The summed E-state index contributed by atoms with van der Waals surface area (Å²) in [7, 11) is 3.35. The standard InChI is InChI=1S/C19H24N2O3/c1-22-18-7-8-19(23-2)15(13-18)14-20-16-3-5-17(6-4-16)21-9-11-24-12-10-21/h3-8,13,20H,9-12,14H2,1-2H3. The van der Waals surface area contributed by atoms with Gasteiger partial charge in [0, 0.05) is 36.6 Å². The number of anilines is 2. The fraction of sp³-hybridized carbons (Fsp3) is 0.368. The van der Waals surface area contributed by atoms with Crippen molar-refractivity contribution in [2.24, 2.45) is 0 Å². The molecular formula is C19H24N2O3. The van der Waals surface area contributed by atoms with Crippen molar-refractivity contribution >= 4 is 11.4 Å². The Balaban J connectivity index is 1.64. The van der Waals surface area contributed by atoms with Crippen molar-refractivity contribution in [2.45, 2.75) is 6.54 Å². The summed E-state index contributed by atoms with van der Waals surface area (Å²) in [6, 6.07) is 14.3. The van der Waals surface area contributed by atoms with E-state index in [1.54, 1.807) is 14.2 Å². The van der Waals surface area contributed by atoms with Crippen molar-refractivity contribution in [3.05, 3.63) is 48.0 Å². The van der Waals surface area contributed by atoms with Gasteiger partial charge in [0.2, 0.25) is 0 Å². The van der Waals surface area contributed by atoms with Crippen LogP contribution in [0.1, 0.15) is 5.56 Å². The van der Waals surface area contributed by atoms with Crippen molar-refractivity contribution in [1.29, 1.82) is 0 Å². The molecule has 1 N–H and O–H groups in total. The molecule has 3 rings (SSSR count). The second kappa shape index (κ2) is 7.93. The first-order valence-electron chi connectivity index (χ1n) is 8.17. The molecule has 0 saturated carbocycles. The first-order chi connectivity index (χ1) is 11.8. The third-order valence-electron chi connectivity index (χ3n) is 4.21. The van der Waals surface area contributed by atoms with E-state index in [2.05, 4.69) is 34.5 Å². The Morgan fingerprint density at radius 3 is 2.42 bits per heavy atom. The van der Waals surface area contributed by atoms with Gasteiger partial charge in [0.15, 0.2) is 0 Å². The molecule has 1 heterocycles. The summed E-state index contributed by atoms with van der Waals surface area (Å²) in [5.41, 5.74) is 3.38. The minimum absolute atomic E-state index is 0.678. The molecule has 2 aromatic rings. The summed E-state index contributed by atoms with van der Waals surface area (Å²) < 4.78 is 16.1. The van der Waals surface area contributed by atoms with Crippen molar-refractivity contribution in [2.75, 3.05) is 50.7 Å². The normalized spacial score (nSPS) is 14.3. The summed E-state index contributed by atoms with van der Waals surface area (Å²) in [5.74, 6) is 1.68. The van der Waals surface area contributed by atoms with E-state index in [0.29, 0.717) is 6.54 Å². The molecular weight excluding hydrogens is 304 g/mol. The molecule has 1 aliphatic heterocycles. The zero-order valence-electron chi connectivity index (χ0n) is 14.2. The average Bonchev–Trinajstić information content (AvgIpc) is 2.67. The van der Waals surface area contributed by atoms with Gasteiger partial charge in [0.05, 0.1) is 27.4 Å². The number of benzene rings is 2. The lowest BCUT2D eigenvalue weighted by molar-refractivity contribution is 0.122. The van der Waals surface area contributed by atoms with Gasteiger partial charge in [-0.25, -0.2) is 0 Å². The fourth-order valence-electron chi connectivity index (χ4n) is 2.83. The van der Waals surface area contributed by atoms with Crippen LogP contribution in [-0.4, -0.2) is 40.5 Å². The molecule has 2 aromatic carbocycles. The molecule has 0 radical (unpaired) electrons. The van der Waals surface area contributed by atoms with E-state index in [0.717, 1.165) is 49.1 Å². The third kappa shape index (κ3) is 3.92. The minimum atomic E-state index is 0.678. The molecule has 1 fully saturated rings. The van der Waals surface area contributed by atoms with E-state index >= 15 is 0 Å². The topological polar surface area (TPSA) is 43.0 Å². The Morgan fingerprint density at radius 2 is 1.75 bits per heavy atom. The zero-order valence-corrected chi connectivity index (χ0v) is 14.2. The van der Waals surface area contributed by atoms with Crippen LogP contribution in [0.25, 0.3) is 0 Å². The number of morpholine rings is 1. The van der Waals surface area contributed by atoms with E-state index < -0.39 is 0 Å². The number of nitrogens with one attached hydrogen (secondary N) is 1. The second-order valence-corrected chi connectivity index (χ2v) is 5.68. The Bertz CT molecular complexity index is 652. The van der Waals surface area contributed by atoms with Crippen LogP contribution in [-0.2, 0) is 11.3 Å². The van der Waals surface area contributed by atoms with Crippen LogP contribution in [0.5, 0.6) is 11.5 Å². The molecule has 0 amide bonds. The van der Waals surface area contributed by atoms with Crippen LogP contribution in [0.2, 0.25) is 0 Å². The molecule has 0 bridgehead atoms. The zero-order chi connectivity index (χ0) is 16.8. The van der Waals surface area contributed by atoms with Crippen LogP contribution in [0.15, 0.2) is 42.5 Å². The summed E-state index contributed by atoms with van der Waals surface area (Å²) in [6.07, 6.45) is 0. The molecule has 0 unspecified atom stereocenters. The smallest absolute Gasteiger partial charge is 0.124 e. The summed E-state index contributed by atoms with van der Waals surface area (Å²) in [5, 5.41) is 3.44. The maximum Gasteiger partial charge on any atom is 0.124 e. The number of hydrogen-bond donors (Lipinski definition) is 1. The highest BCUT2D eigenvalue weighted by Gasteiger charge is 2.11. The van der Waals surface area contributed by atoms with Crippen molar-refractivity contribution in [3.63, 3.8) is 0 Å². The monoisotopic (exact) mass is 328 g/mol.